The van der Waals surface area contributed by atoms with Gasteiger partial charge in [0.25, 0.3) is 0 Å². The predicted octanol–water partition coefficient (Wildman–Crippen LogP) is 25.2. The number of benzene rings is 8. The van der Waals surface area contributed by atoms with Crippen molar-refractivity contribution < 1.29 is 0 Å². The van der Waals surface area contributed by atoms with E-state index in [4.69, 9.17) is 30.2 Å². The highest BCUT2D eigenvalue weighted by Gasteiger charge is 2.27. The molecule has 16 bridgehead atoms. The fraction of sp³-hybridized carbons (Fsp3) is 0.0833. The number of H-pyrrole nitrogens is 4. The predicted molar refractivity (Wildman–Crippen MR) is 442 cm³/mol. The standard InChI is InChI=1S/C96H74N10/c1-55-9-25-63(26-10-55)87-71-41-43-73(97-71)89(65-29-13-57(3)14-30-65)77-49-51-81(101-77)93(69-37-21-61(7)22-38-69)95-85(53-83(103-95)91(79-47-45-75(87)99-79)67-33-17-59(5)18-34-67)105-106-86-54-84-92(68-35-19-60(6)20-36-68)80-48-46-76(100-80)88(64-27-11-56(2)12-28-64)72-42-44-74(98-72)90(66-31-15-58(4)16-32-66)78-50-52-82(102-78)94(96(86)104-84)70-39-23-62(8)24-40-70/h9-54,99-102H,1-8H3. The van der Waals surface area contributed by atoms with Gasteiger partial charge in [0.2, 0.25) is 0 Å². The Balaban J connectivity index is 0.964. The summed E-state index contributed by atoms with van der Waals surface area (Å²) in [5, 5.41) is 11.2. The van der Waals surface area contributed by atoms with Crippen molar-refractivity contribution in [1.82, 2.24) is 39.9 Å². The maximum atomic E-state index is 5.92. The summed E-state index contributed by atoms with van der Waals surface area (Å²) in [5.41, 5.74) is 38.8. The van der Waals surface area contributed by atoms with Crippen molar-refractivity contribution in [1.29, 1.82) is 0 Å². The van der Waals surface area contributed by atoms with Crippen LogP contribution in [0.1, 0.15) is 90.1 Å². The van der Waals surface area contributed by atoms with E-state index < -0.39 is 0 Å². The van der Waals surface area contributed by atoms with Gasteiger partial charge in [-0.05, 0) is 185 Å². The molecule has 508 valence electrons. The largest absolute Gasteiger partial charge is 0.354 e. The quantitative estimate of drug-likeness (QED) is 0.101. The van der Waals surface area contributed by atoms with Crippen LogP contribution in [0.15, 0.2) is 253 Å². The minimum atomic E-state index is 0.555. The molecule has 0 saturated heterocycles. The van der Waals surface area contributed by atoms with E-state index in [1.807, 2.05) is 0 Å². The van der Waals surface area contributed by atoms with E-state index in [9.17, 15) is 0 Å². The Morgan fingerprint density at radius 2 is 0.358 bits per heavy atom. The number of nitrogens with one attached hydrogen (secondary N) is 4. The summed E-state index contributed by atoms with van der Waals surface area (Å²) >= 11 is 0. The molecule has 10 nitrogen and oxygen atoms in total. The highest BCUT2D eigenvalue weighted by Crippen LogP contribution is 2.46. The molecular formula is C96H74N10. The summed E-state index contributed by atoms with van der Waals surface area (Å²) in [6.07, 6.45) is 12.8. The third kappa shape index (κ3) is 12.0. The van der Waals surface area contributed by atoms with Gasteiger partial charge in [0.05, 0.1) is 34.2 Å². The van der Waals surface area contributed by atoms with Gasteiger partial charge in [-0.25, -0.2) is 19.9 Å². The number of hydrogen-bond donors (Lipinski definition) is 4. The summed E-state index contributed by atoms with van der Waals surface area (Å²) in [5.74, 6) is 0. The van der Waals surface area contributed by atoms with Crippen LogP contribution in [0.25, 0.3) is 181 Å². The molecule has 4 aliphatic heterocycles. The van der Waals surface area contributed by atoms with Gasteiger partial charge in [-0.2, -0.15) is 0 Å². The molecule has 0 fully saturated rings. The molecule has 18 rings (SSSR count). The molecule has 0 saturated carbocycles. The molecule has 4 aliphatic rings. The van der Waals surface area contributed by atoms with Gasteiger partial charge >= 0.3 is 0 Å². The van der Waals surface area contributed by atoms with Crippen LogP contribution < -0.4 is 0 Å². The summed E-state index contributed by atoms with van der Waals surface area (Å²) in [6, 6.07) is 87.1. The Morgan fingerprint density at radius 3 is 0.557 bits per heavy atom. The van der Waals surface area contributed by atoms with Crippen molar-refractivity contribution >= 4 is 92.0 Å². The van der Waals surface area contributed by atoms with Crippen molar-refractivity contribution in [3.05, 3.63) is 333 Å². The minimum absolute atomic E-state index is 0.555. The third-order valence-corrected chi connectivity index (χ3v) is 20.7. The van der Waals surface area contributed by atoms with Gasteiger partial charge in [0.1, 0.15) is 22.8 Å². The molecule has 4 N–H and O–H groups in total. The number of nitrogens with zero attached hydrogens (tertiary/aromatic N) is 6. The molecule has 6 aromatic heterocycles. The Kier molecular flexibility index (Phi) is 16.1. The molecule has 10 heteroatoms. The number of aryl methyl sites for hydroxylation is 8. The van der Waals surface area contributed by atoms with E-state index >= 15 is 0 Å². The van der Waals surface area contributed by atoms with Gasteiger partial charge in [-0.15, -0.1) is 10.2 Å². The number of aromatic nitrogens is 8. The number of aromatic amines is 4. The second-order valence-electron chi connectivity index (χ2n) is 28.5. The Labute approximate surface area is 615 Å². The second-order valence-corrected chi connectivity index (χ2v) is 28.5. The average molecular weight is 1370 g/mol. The second kappa shape index (κ2) is 26.4. The molecule has 0 spiro atoms. The zero-order valence-electron chi connectivity index (χ0n) is 60.2. The van der Waals surface area contributed by atoms with Crippen LogP contribution in [0.2, 0.25) is 0 Å². The molecule has 0 aliphatic carbocycles. The van der Waals surface area contributed by atoms with E-state index in [2.05, 4.69) is 354 Å². The van der Waals surface area contributed by atoms with Crippen molar-refractivity contribution in [3.8, 4) is 89.0 Å². The summed E-state index contributed by atoms with van der Waals surface area (Å²) < 4.78 is 0. The lowest BCUT2D eigenvalue weighted by atomic mass is 10.0. The Morgan fingerprint density at radius 1 is 0.189 bits per heavy atom. The summed E-state index contributed by atoms with van der Waals surface area (Å²) in [7, 11) is 0. The molecule has 106 heavy (non-hydrogen) atoms. The van der Waals surface area contributed by atoms with Crippen molar-refractivity contribution in [3.63, 3.8) is 0 Å². The van der Waals surface area contributed by atoms with Gasteiger partial charge in [-0.3, -0.25) is 0 Å². The Bertz CT molecular complexity index is 6030. The van der Waals surface area contributed by atoms with Crippen molar-refractivity contribution in [2.24, 2.45) is 10.2 Å². The molecule has 0 radical (unpaired) electrons. The van der Waals surface area contributed by atoms with Crippen LogP contribution >= 0.6 is 0 Å². The van der Waals surface area contributed by atoms with Crippen LogP contribution in [-0.2, 0) is 0 Å². The first kappa shape index (κ1) is 64.6. The summed E-state index contributed by atoms with van der Waals surface area (Å²) in [6.45, 7) is 17.0. The number of azo groups is 1. The first-order chi connectivity index (χ1) is 51.7. The highest BCUT2D eigenvalue weighted by atomic mass is 15.1. The zero-order chi connectivity index (χ0) is 71.8. The van der Waals surface area contributed by atoms with E-state index in [1.54, 1.807) is 0 Å². The summed E-state index contributed by atoms with van der Waals surface area (Å²) in [4.78, 5) is 39.0. The minimum Gasteiger partial charge on any atom is -0.354 e. The molecule has 14 aromatic rings. The van der Waals surface area contributed by atoms with Gasteiger partial charge in [-0.1, -0.05) is 239 Å². The lowest BCUT2D eigenvalue weighted by Gasteiger charge is -2.09. The highest BCUT2D eigenvalue weighted by molar-refractivity contribution is 6.05. The molecule has 8 aromatic carbocycles. The Hall–Kier alpha value is -13.4. The smallest absolute Gasteiger partial charge is 0.114 e. The van der Waals surface area contributed by atoms with Crippen LogP contribution in [0, 0.1) is 55.4 Å². The maximum Gasteiger partial charge on any atom is 0.114 e. The first-order valence-corrected chi connectivity index (χ1v) is 36.1. The normalized spacial score (nSPS) is 12.5. The molecule has 0 atom stereocenters. The van der Waals surface area contributed by atoms with Gasteiger partial charge in [0, 0.05) is 88.6 Å². The first-order valence-electron chi connectivity index (χ1n) is 36.1. The van der Waals surface area contributed by atoms with Crippen LogP contribution in [-0.4, -0.2) is 39.9 Å². The van der Waals surface area contributed by atoms with E-state index in [1.165, 1.54) is 22.3 Å². The van der Waals surface area contributed by atoms with E-state index in [0.717, 1.165) is 178 Å². The average Bonchev–Trinajstić information content (AvgIpc) is 1.61. The number of rotatable bonds is 10. The SMILES string of the molecule is Cc1ccc(-c2c3nc(c(-c4ccc(C)cc4)c4ccc([nH]4)c(-c4ccc(C)cc4)c4nc(c(-c5ccc(C)cc5)c5ccc2[nH]5)C=C4N=NC2=Cc4nc2c(-c2ccc(C)cc2)c2ccc([nH]2)c(-c2ccc(C)cc2)c2nc(c(-c5ccc(C)cc5)c5ccc([nH]5)c4-c4ccc(C)cc4)C=C2)C=C3)cc1. The van der Waals surface area contributed by atoms with Gasteiger partial charge in [0.15, 0.2) is 0 Å². The number of fused-ring (bicyclic) bond motifs is 16. The molecule has 0 amide bonds. The lowest BCUT2D eigenvalue weighted by molar-refractivity contribution is 1.21. The van der Waals surface area contributed by atoms with E-state index in [-0.39, 0.29) is 0 Å². The topological polar surface area (TPSA) is 139 Å². The van der Waals surface area contributed by atoms with Crippen molar-refractivity contribution in [2.45, 2.75) is 55.4 Å². The molecule has 10 heterocycles. The van der Waals surface area contributed by atoms with E-state index in [0.29, 0.717) is 34.2 Å². The fourth-order valence-corrected chi connectivity index (χ4v) is 15.0. The third-order valence-electron chi connectivity index (χ3n) is 20.7. The molecule has 0 unspecified atom stereocenters. The number of hydrogen-bond acceptors (Lipinski definition) is 6. The monoisotopic (exact) mass is 1370 g/mol. The van der Waals surface area contributed by atoms with Crippen molar-refractivity contribution in [2.75, 3.05) is 0 Å². The van der Waals surface area contributed by atoms with Crippen LogP contribution in [0.4, 0.5) is 0 Å². The van der Waals surface area contributed by atoms with Crippen LogP contribution in [0.3, 0.4) is 0 Å². The van der Waals surface area contributed by atoms with Gasteiger partial charge < -0.3 is 19.9 Å². The molecular weight excluding hydrogens is 1290 g/mol. The fourth-order valence-electron chi connectivity index (χ4n) is 15.0. The maximum absolute atomic E-state index is 5.92. The van der Waals surface area contributed by atoms with Crippen LogP contribution in [0.5, 0.6) is 0 Å². The lowest BCUT2D eigenvalue weighted by Crippen LogP contribution is -1.91. The zero-order valence-corrected chi connectivity index (χ0v) is 60.2.